The first-order valence-corrected chi connectivity index (χ1v) is 5.52. The Hall–Kier alpha value is -2.09. The van der Waals surface area contributed by atoms with Crippen molar-refractivity contribution in [2.24, 2.45) is 0 Å². The summed E-state index contributed by atoms with van der Waals surface area (Å²) in [6.07, 6.45) is 0.845. The highest BCUT2D eigenvalue weighted by Gasteiger charge is 1.99. The lowest BCUT2D eigenvalue weighted by Crippen LogP contribution is -1.97. The molecule has 0 heterocycles. The molecule has 2 nitrogen and oxygen atoms in total. The van der Waals surface area contributed by atoms with Gasteiger partial charge in [0, 0.05) is 5.56 Å². The topological polar surface area (TPSA) is 26.3 Å². The number of ether oxygens (including phenoxy) is 1. The zero-order chi connectivity index (χ0) is 12.1. The molecule has 0 saturated carbocycles. The van der Waals surface area contributed by atoms with Gasteiger partial charge >= 0.3 is 0 Å². The van der Waals surface area contributed by atoms with Crippen molar-refractivity contribution in [3.05, 3.63) is 65.2 Å². The van der Waals surface area contributed by atoms with E-state index >= 15 is 0 Å². The first kappa shape index (κ1) is 11.4. The number of rotatable bonds is 4. The van der Waals surface area contributed by atoms with Gasteiger partial charge in [-0.2, -0.15) is 0 Å². The molecular weight excluding hydrogens is 212 g/mol. The molecule has 0 aliphatic rings. The van der Waals surface area contributed by atoms with E-state index in [1.807, 2.05) is 49.4 Å². The number of aldehydes is 1. The third-order valence-electron chi connectivity index (χ3n) is 2.58. The van der Waals surface area contributed by atoms with E-state index in [4.69, 9.17) is 4.74 Å². The van der Waals surface area contributed by atoms with E-state index in [9.17, 15) is 4.79 Å². The minimum absolute atomic E-state index is 0.479. The standard InChI is InChI=1S/C15H14O2/c1-12-5-2-3-8-15(12)17-11-14-7-4-6-13(9-14)10-16/h2-10H,11H2,1H3. The van der Waals surface area contributed by atoms with Crippen molar-refractivity contribution in [1.29, 1.82) is 0 Å². The highest BCUT2D eigenvalue weighted by atomic mass is 16.5. The third-order valence-corrected chi connectivity index (χ3v) is 2.58. The normalized spacial score (nSPS) is 9.94. The summed E-state index contributed by atoms with van der Waals surface area (Å²) in [5.41, 5.74) is 2.78. The van der Waals surface area contributed by atoms with E-state index in [0.717, 1.165) is 23.2 Å². The van der Waals surface area contributed by atoms with Crippen molar-refractivity contribution < 1.29 is 9.53 Å². The molecule has 0 amide bonds. The summed E-state index contributed by atoms with van der Waals surface area (Å²) in [7, 11) is 0. The molecule has 2 aromatic rings. The molecule has 2 aromatic carbocycles. The Morgan fingerprint density at radius 3 is 2.71 bits per heavy atom. The van der Waals surface area contributed by atoms with Crippen LogP contribution in [0.3, 0.4) is 0 Å². The van der Waals surface area contributed by atoms with Gasteiger partial charge in [-0.25, -0.2) is 0 Å². The van der Waals surface area contributed by atoms with Crippen molar-refractivity contribution in [2.45, 2.75) is 13.5 Å². The highest BCUT2D eigenvalue weighted by molar-refractivity contribution is 5.74. The van der Waals surface area contributed by atoms with Gasteiger partial charge in [0.25, 0.3) is 0 Å². The number of carbonyl (C=O) groups excluding carboxylic acids is 1. The second kappa shape index (κ2) is 5.30. The van der Waals surface area contributed by atoms with Crippen LogP contribution in [0.15, 0.2) is 48.5 Å². The number of benzene rings is 2. The second-order valence-corrected chi connectivity index (χ2v) is 3.92. The van der Waals surface area contributed by atoms with Gasteiger partial charge in [0.05, 0.1) is 0 Å². The lowest BCUT2D eigenvalue weighted by molar-refractivity contribution is 0.112. The predicted molar refractivity (Wildman–Crippen MR) is 67.3 cm³/mol. The van der Waals surface area contributed by atoms with Gasteiger partial charge in [-0.15, -0.1) is 0 Å². The zero-order valence-corrected chi connectivity index (χ0v) is 9.72. The molecule has 0 atom stereocenters. The molecule has 0 aliphatic heterocycles. The van der Waals surface area contributed by atoms with Crippen LogP contribution < -0.4 is 4.74 Å². The van der Waals surface area contributed by atoms with Gasteiger partial charge in [-0.05, 0) is 30.2 Å². The van der Waals surface area contributed by atoms with Crippen LogP contribution in [0.25, 0.3) is 0 Å². The minimum atomic E-state index is 0.479. The Kier molecular flexibility index (Phi) is 3.55. The Balaban J connectivity index is 2.07. The average Bonchev–Trinajstić information content (AvgIpc) is 2.38. The summed E-state index contributed by atoms with van der Waals surface area (Å²) < 4.78 is 5.71. The monoisotopic (exact) mass is 226 g/mol. The molecule has 2 heteroatoms. The second-order valence-electron chi connectivity index (χ2n) is 3.92. The first-order chi connectivity index (χ1) is 8.29. The SMILES string of the molecule is Cc1ccccc1OCc1cccc(C=O)c1. The number of hydrogen-bond acceptors (Lipinski definition) is 2. The number of hydrogen-bond donors (Lipinski definition) is 0. The van der Waals surface area contributed by atoms with E-state index in [-0.39, 0.29) is 0 Å². The zero-order valence-electron chi connectivity index (χ0n) is 9.72. The van der Waals surface area contributed by atoms with E-state index in [1.165, 1.54) is 0 Å². The fourth-order valence-electron chi connectivity index (χ4n) is 1.64. The number of carbonyl (C=O) groups is 1. The van der Waals surface area contributed by atoms with Crippen LogP contribution in [0.4, 0.5) is 0 Å². The highest BCUT2D eigenvalue weighted by Crippen LogP contribution is 2.17. The number of aryl methyl sites for hydroxylation is 1. The summed E-state index contributed by atoms with van der Waals surface area (Å²) in [5.74, 6) is 0.879. The van der Waals surface area contributed by atoms with Gasteiger partial charge in [0.2, 0.25) is 0 Å². The van der Waals surface area contributed by atoms with Crippen LogP contribution in [0.5, 0.6) is 5.75 Å². The molecule has 0 bridgehead atoms. The first-order valence-electron chi connectivity index (χ1n) is 5.52. The van der Waals surface area contributed by atoms with Crippen molar-refractivity contribution >= 4 is 6.29 Å². The van der Waals surface area contributed by atoms with Gasteiger partial charge in [0.1, 0.15) is 18.6 Å². The fourth-order valence-corrected chi connectivity index (χ4v) is 1.64. The Morgan fingerprint density at radius 1 is 1.12 bits per heavy atom. The van der Waals surface area contributed by atoms with Crippen molar-refractivity contribution in [1.82, 2.24) is 0 Å². The van der Waals surface area contributed by atoms with E-state index in [0.29, 0.717) is 12.2 Å². The lowest BCUT2D eigenvalue weighted by atomic mass is 10.1. The van der Waals surface area contributed by atoms with Gasteiger partial charge in [-0.3, -0.25) is 4.79 Å². The lowest BCUT2D eigenvalue weighted by Gasteiger charge is -2.08. The Labute approximate surface area is 101 Å². The largest absolute Gasteiger partial charge is 0.489 e. The Bertz CT molecular complexity index is 518. The van der Waals surface area contributed by atoms with Crippen molar-refractivity contribution in [3.8, 4) is 5.75 Å². The van der Waals surface area contributed by atoms with Crippen molar-refractivity contribution in [2.75, 3.05) is 0 Å². The maximum atomic E-state index is 10.6. The van der Waals surface area contributed by atoms with Crippen LogP contribution in [0.1, 0.15) is 21.5 Å². The average molecular weight is 226 g/mol. The molecule has 2 rings (SSSR count). The summed E-state index contributed by atoms with van der Waals surface area (Å²) in [5, 5.41) is 0. The molecule has 0 saturated heterocycles. The van der Waals surface area contributed by atoms with E-state index < -0.39 is 0 Å². The molecule has 0 aliphatic carbocycles. The van der Waals surface area contributed by atoms with Crippen LogP contribution >= 0.6 is 0 Å². The molecule has 0 unspecified atom stereocenters. The van der Waals surface area contributed by atoms with Crippen LogP contribution in [0.2, 0.25) is 0 Å². The van der Waals surface area contributed by atoms with Crippen LogP contribution in [-0.4, -0.2) is 6.29 Å². The molecule has 0 fully saturated rings. The fraction of sp³-hybridized carbons (Fsp3) is 0.133. The molecule has 86 valence electrons. The summed E-state index contributed by atoms with van der Waals surface area (Å²) in [6.45, 7) is 2.49. The molecule has 0 spiro atoms. The van der Waals surface area contributed by atoms with Crippen LogP contribution in [0, 0.1) is 6.92 Å². The molecule has 17 heavy (non-hydrogen) atoms. The minimum Gasteiger partial charge on any atom is -0.489 e. The molecular formula is C15H14O2. The van der Waals surface area contributed by atoms with E-state index in [2.05, 4.69) is 0 Å². The Morgan fingerprint density at radius 2 is 1.94 bits per heavy atom. The molecule has 0 radical (unpaired) electrons. The van der Waals surface area contributed by atoms with Gasteiger partial charge < -0.3 is 4.74 Å². The van der Waals surface area contributed by atoms with Crippen molar-refractivity contribution in [3.63, 3.8) is 0 Å². The predicted octanol–water partition coefficient (Wildman–Crippen LogP) is 3.39. The summed E-state index contributed by atoms with van der Waals surface area (Å²) in [4.78, 5) is 10.6. The smallest absolute Gasteiger partial charge is 0.150 e. The van der Waals surface area contributed by atoms with Gasteiger partial charge in [0.15, 0.2) is 0 Å². The summed E-state index contributed by atoms with van der Waals surface area (Å²) in [6, 6.07) is 15.3. The maximum Gasteiger partial charge on any atom is 0.150 e. The molecule has 0 N–H and O–H groups in total. The molecule has 0 aromatic heterocycles. The van der Waals surface area contributed by atoms with E-state index in [1.54, 1.807) is 6.07 Å². The number of para-hydroxylation sites is 1. The van der Waals surface area contributed by atoms with Gasteiger partial charge in [-0.1, -0.05) is 36.4 Å². The third kappa shape index (κ3) is 2.94. The maximum absolute atomic E-state index is 10.6. The summed E-state index contributed by atoms with van der Waals surface area (Å²) >= 11 is 0. The van der Waals surface area contributed by atoms with Crippen LogP contribution in [-0.2, 0) is 6.61 Å². The quantitative estimate of drug-likeness (QED) is 0.747.